The lowest BCUT2D eigenvalue weighted by molar-refractivity contribution is -0.138. The lowest BCUT2D eigenvalue weighted by Gasteiger charge is -2.36. The normalized spacial score (nSPS) is 13.9. The van der Waals surface area contributed by atoms with Gasteiger partial charge in [-0.15, -0.1) is 0 Å². The molecule has 1 heterocycles. The summed E-state index contributed by atoms with van der Waals surface area (Å²) in [5, 5.41) is 0. The van der Waals surface area contributed by atoms with E-state index in [4.69, 9.17) is 4.74 Å². The predicted octanol–water partition coefficient (Wildman–Crippen LogP) is 6.23. The van der Waals surface area contributed by atoms with Crippen LogP contribution in [-0.2, 0) is 22.3 Å². The highest BCUT2D eigenvalue weighted by molar-refractivity contribution is 5.96. The molecule has 0 aliphatic carbocycles. The molecule has 4 rings (SSSR count). The lowest BCUT2D eigenvalue weighted by Crippen LogP contribution is -2.53. The van der Waals surface area contributed by atoms with Crippen LogP contribution >= 0.6 is 0 Å². The minimum Gasteiger partial charge on any atom is -0.444 e. The Morgan fingerprint density at radius 2 is 1.40 bits per heavy atom. The molecule has 0 N–H and O–H groups in total. The van der Waals surface area contributed by atoms with Crippen molar-refractivity contribution in [3.8, 4) is 11.1 Å². The van der Waals surface area contributed by atoms with Gasteiger partial charge >= 0.3 is 12.3 Å². The molecule has 1 aliphatic heterocycles. The molecule has 43 heavy (non-hydrogen) atoms. The molecule has 228 valence electrons. The van der Waals surface area contributed by atoms with Crippen LogP contribution in [0, 0.1) is 5.82 Å². The lowest BCUT2D eigenvalue weighted by atomic mass is 10.0. The molecule has 0 aromatic heterocycles. The Morgan fingerprint density at radius 3 is 1.98 bits per heavy atom. The smallest absolute Gasteiger partial charge is 0.417 e. The largest absolute Gasteiger partial charge is 0.444 e. The molecular weight excluding hydrogens is 566 g/mol. The Bertz CT molecular complexity index is 1450. The van der Waals surface area contributed by atoms with Gasteiger partial charge in [-0.2, -0.15) is 13.2 Å². The van der Waals surface area contributed by atoms with E-state index in [2.05, 4.69) is 0 Å². The first-order valence-corrected chi connectivity index (χ1v) is 13.8. The maximum absolute atomic E-state index is 13.7. The maximum atomic E-state index is 13.7. The Balaban J connectivity index is 1.42. The first-order valence-electron chi connectivity index (χ1n) is 13.8. The second-order valence-corrected chi connectivity index (χ2v) is 11.3. The molecule has 0 radical (unpaired) electrons. The van der Waals surface area contributed by atoms with E-state index >= 15 is 0 Å². The standard InChI is InChI=1S/C32H33F4N3O4/c1-31(2,3)43-30(42)39(20-22-9-11-24(12-10-22)23-7-5-4-6-8-23)21-28(40)37-15-17-38(18-16-37)29(41)26-19-25(33)13-14-27(26)32(34,35)36/h4-14,19H,15-18,20-21H2,1-3H3. The van der Waals surface area contributed by atoms with Crippen LogP contribution in [0.15, 0.2) is 72.8 Å². The molecule has 0 bridgehead atoms. The molecule has 0 unspecified atom stereocenters. The maximum Gasteiger partial charge on any atom is 0.417 e. The average Bonchev–Trinajstić information content (AvgIpc) is 2.95. The van der Waals surface area contributed by atoms with E-state index in [0.29, 0.717) is 18.2 Å². The van der Waals surface area contributed by atoms with Gasteiger partial charge in [-0.1, -0.05) is 54.6 Å². The molecule has 0 atom stereocenters. The van der Waals surface area contributed by atoms with Gasteiger partial charge in [0.25, 0.3) is 5.91 Å². The molecule has 0 saturated carbocycles. The molecule has 1 aliphatic rings. The molecule has 0 spiro atoms. The number of hydrogen-bond donors (Lipinski definition) is 0. The summed E-state index contributed by atoms with van der Waals surface area (Å²) in [6.07, 6.45) is -5.50. The fraction of sp³-hybridized carbons (Fsp3) is 0.344. The molecule has 1 saturated heterocycles. The second-order valence-electron chi connectivity index (χ2n) is 11.3. The van der Waals surface area contributed by atoms with Gasteiger partial charge in [0.15, 0.2) is 0 Å². The van der Waals surface area contributed by atoms with E-state index in [9.17, 15) is 31.9 Å². The van der Waals surface area contributed by atoms with E-state index in [-0.39, 0.29) is 39.3 Å². The third-order valence-corrected chi connectivity index (χ3v) is 6.85. The van der Waals surface area contributed by atoms with Crippen LogP contribution in [0.2, 0.25) is 0 Å². The van der Waals surface area contributed by atoms with Crippen molar-refractivity contribution in [2.45, 2.75) is 39.1 Å². The minimum absolute atomic E-state index is 0.0369. The molecule has 7 nitrogen and oxygen atoms in total. The number of alkyl halides is 3. The van der Waals surface area contributed by atoms with E-state index < -0.39 is 46.6 Å². The summed E-state index contributed by atoms with van der Waals surface area (Å²) in [6.45, 7) is 4.94. The number of rotatable bonds is 6. The van der Waals surface area contributed by atoms with Crippen molar-refractivity contribution in [1.82, 2.24) is 14.7 Å². The van der Waals surface area contributed by atoms with Crippen molar-refractivity contribution in [2.75, 3.05) is 32.7 Å². The van der Waals surface area contributed by atoms with Crippen LogP contribution in [0.1, 0.15) is 42.3 Å². The zero-order valence-electron chi connectivity index (χ0n) is 24.2. The monoisotopic (exact) mass is 599 g/mol. The SMILES string of the molecule is CC(C)(C)OC(=O)N(CC(=O)N1CCN(C(=O)c2cc(F)ccc2C(F)(F)F)CC1)Cc1ccc(-c2ccccc2)cc1. The Morgan fingerprint density at radius 1 is 0.814 bits per heavy atom. The van der Waals surface area contributed by atoms with Gasteiger partial charge in [-0.25, -0.2) is 9.18 Å². The third-order valence-electron chi connectivity index (χ3n) is 6.85. The van der Waals surface area contributed by atoms with E-state index in [0.717, 1.165) is 21.6 Å². The minimum atomic E-state index is -4.83. The predicted molar refractivity (Wildman–Crippen MR) is 152 cm³/mol. The quantitative estimate of drug-likeness (QED) is 0.315. The number of carbonyl (C=O) groups excluding carboxylic acids is 3. The summed E-state index contributed by atoms with van der Waals surface area (Å²) >= 11 is 0. The number of ether oxygens (including phenoxy) is 1. The number of hydrogen-bond acceptors (Lipinski definition) is 4. The molecule has 3 aromatic rings. The Hall–Kier alpha value is -4.41. The van der Waals surface area contributed by atoms with Gasteiger partial charge in [0.2, 0.25) is 5.91 Å². The van der Waals surface area contributed by atoms with Crippen molar-refractivity contribution >= 4 is 17.9 Å². The van der Waals surface area contributed by atoms with Crippen LogP contribution in [0.25, 0.3) is 11.1 Å². The third kappa shape index (κ3) is 8.33. The van der Waals surface area contributed by atoms with E-state index in [1.54, 1.807) is 20.8 Å². The number of carbonyl (C=O) groups is 3. The summed E-state index contributed by atoms with van der Waals surface area (Å²) in [5.74, 6) is -2.32. The van der Waals surface area contributed by atoms with Crippen molar-refractivity contribution in [1.29, 1.82) is 0 Å². The number of amides is 3. The number of halogens is 4. The van der Waals surface area contributed by atoms with Crippen molar-refractivity contribution < 1.29 is 36.7 Å². The highest BCUT2D eigenvalue weighted by Gasteiger charge is 2.37. The van der Waals surface area contributed by atoms with Crippen LogP contribution in [-0.4, -0.2) is 70.9 Å². The summed E-state index contributed by atoms with van der Waals surface area (Å²) in [7, 11) is 0. The summed E-state index contributed by atoms with van der Waals surface area (Å²) in [5.41, 5.74) is 0.0246. The fourth-order valence-electron chi connectivity index (χ4n) is 4.70. The number of benzene rings is 3. The summed E-state index contributed by atoms with van der Waals surface area (Å²) < 4.78 is 59.6. The van der Waals surface area contributed by atoms with Gasteiger partial charge in [0.1, 0.15) is 18.0 Å². The molecule has 3 aromatic carbocycles. The first-order chi connectivity index (χ1) is 20.2. The van der Waals surface area contributed by atoms with Gasteiger partial charge in [0, 0.05) is 32.7 Å². The van der Waals surface area contributed by atoms with Crippen LogP contribution in [0.5, 0.6) is 0 Å². The van der Waals surface area contributed by atoms with Crippen LogP contribution in [0.4, 0.5) is 22.4 Å². The van der Waals surface area contributed by atoms with Gasteiger partial charge in [-0.3, -0.25) is 14.5 Å². The Kier molecular flexibility index (Phi) is 9.42. The highest BCUT2D eigenvalue weighted by atomic mass is 19.4. The zero-order valence-corrected chi connectivity index (χ0v) is 24.2. The van der Waals surface area contributed by atoms with Gasteiger partial charge < -0.3 is 14.5 Å². The first kappa shape index (κ1) is 31.5. The van der Waals surface area contributed by atoms with Crippen LogP contribution < -0.4 is 0 Å². The van der Waals surface area contributed by atoms with Crippen LogP contribution in [0.3, 0.4) is 0 Å². The summed E-state index contributed by atoms with van der Waals surface area (Å²) in [6, 6.07) is 19.2. The summed E-state index contributed by atoms with van der Waals surface area (Å²) in [4.78, 5) is 43.1. The molecular formula is C32H33F4N3O4. The second kappa shape index (κ2) is 12.8. The number of nitrogens with zero attached hydrogens (tertiary/aromatic N) is 3. The average molecular weight is 600 g/mol. The molecule has 1 fully saturated rings. The van der Waals surface area contributed by atoms with Gasteiger partial charge in [0.05, 0.1) is 11.1 Å². The fourth-order valence-corrected chi connectivity index (χ4v) is 4.70. The van der Waals surface area contributed by atoms with E-state index in [1.807, 2.05) is 54.6 Å². The zero-order chi connectivity index (χ0) is 31.4. The number of piperazine rings is 1. The van der Waals surface area contributed by atoms with Crippen molar-refractivity contribution in [3.05, 3.63) is 95.3 Å². The highest BCUT2D eigenvalue weighted by Crippen LogP contribution is 2.33. The van der Waals surface area contributed by atoms with E-state index in [1.165, 1.54) is 9.80 Å². The van der Waals surface area contributed by atoms with Crippen molar-refractivity contribution in [3.63, 3.8) is 0 Å². The molecule has 11 heteroatoms. The van der Waals surface area contributed by atoms with Crippen molar-refractivity contribution in [2.24, 2.45) is 0 Å². The Labute approximate surface area is 247 Å². The molecule has 3 amide bonds. The van der Waals surface area contributed by atoms with Gasteiger partial charge in [-0.05, 0) is 55.7 Å². The topological polar surface area (TPSA) is 70.2 Å².